The van der Waals surface area contributed by atoms with E-state index >= 15 is 0 Å². The SMILES string of the molecule is Cc1ncc(CO)c(C=N[C@@H](C)CCc2ccccc2)c1O. The quantitative estimate of drug-likeness (QED) is 0.806. The Morgan fingerprint density at radius 2 is 2.00 bits per heavy atom. The van der Waals surface area contributed by atoms with Crippen LogP contribution < -0.4 is 0 Å². The Bertz CT molecular complexity index is 639. The molecule has 0 saturated heterocycles. The molecule has 0 radical (unpaired) electrons. The minimum Gasteiger partial charge on any atom is -0.505 e. The van der Waals surface area contributed by atoms with Crippen LogP contribution in [0.4, 0.5) is 0 Å². The van der Waals surface area contributed by atoms with E-state index in [1.54, 1.807) is 19.3 Å². The van der Waals surface area contributed by atoms with E-state index in [1.165, 1.54) is 5.56 Å². The summed E-state index contributed by atoms with van der Waals surface area (Å²) in [6.45, 7) is 3.61. The molecule has 1 aromatic carbocycles. The van der Waals surface area contributed by atoms with E-state index in [9.17, 15) is 10.2 Å². The largest absolute Gasteiger partial charge is 0.505 e. The lowest BCUT2D eigenvalue weighted by Crippen LogP contribution is -2.03. The van der Waals surface area contributed by atoms with E-state index < -0.39 is 0 Å². The van der Waals surface area contributed by atoms with Gasteiger partial charge in [0, 0.05) is 29.6 Å². The molecule has 2 aromatic rings. The molecule has 1 atom stereocenters. The summed E-state index contributed by atoms with van der Waals surface area (Å²) in [7, 11) is 0. The van der Waals surface area contributed by atoms with Gasteiger partial charge >= 0.3 is 0 Å². The molecular formula is C18H22N2O2. The molecule has 0 unspecified atom stereocenters. The highest BCUT2D eigenvalue weighted by molar-refractivity contribution is 5.85. The summed E-state index contributed by atoms with van der Waals surface area (Å²) < 4.78 is 0. The zero-order chi connectivity index (χ0) is 15.9. The molecule has 0 aliphatic heterocycles. The number of benzene rings is 1. The third-order valence-corrected chi connectivity index (χ3v) is 3.68. The predicted molar refractivity (Wildman–Crippen MR) is 88.4 cm³/mol. The van der Waals surface area contributed by atoms with E-state index in [2.05, 4.69) is 22.1 Å². The molecule has 1 aromatic heterocycles. The van der Waals surface area contributed by atoms with Crippen LogP contribution in [0, 0.1) is 6.92 Å². The van der Waals surface area contributed by atoms with Crippen LogP contribution in [0.1, 0.15) is 35.7 Å². The number of aromatic hydroxyl groups is 1. The zero-order valence-corrected chi connectivity index (χ0v) is 13.0. The van der Waals surface area contributed by atoms with Gasteiger partial charge in [-0.3, -0.25) is 9.98 Å². The standard InChI is InChI=1S/C18H22N2O2/c1-13(8-9-15-6-4-3-5-7-15)19-11-17-16(12-21)10-20-14(2)18(17)22/h3-7,10-11,13,21-22H,8-9,12H2,1-2H3/t13-/m0/s1. The number of hydrogen-bond acceptors (Lipinski definition) is 4. The second kappa shape index (κ2) is 7.71. The number of nitrogens with zero attached hydrogens (tertiary/aromatic N) is 2. The van der Waals surface area contributed by atoms with E-state index in [-0.39, 0.29) is 18.4 Å². The van der Waals surface area contributed by atoms with Crippen molar-refractivity contribution in [2.24, 2.45) is 4.99 Å². The highest BCUT2D eigenvalue weighted by atomic mass is 16.3. The van der Waals surface area contributed by atoms with Crippen molar-refractivity contribution in [2.45, 2.75) is 39.3 Å². The Labute approximate surface area is 131 Å². The van der Waals surface area contributed by atoms with Gasteiger partial charge in [0.1, 0.15) is 5.75 Å². The summed E-state index contributed by atoms with van der Waals surface area (Å²) in [5.74, 6) is 0.0885. The number of aliphatic hydroxyl groups excluding tert-OH is 1. The van der Waals surface area contributed by atoms with Crippen molar-refractivity contribution in [3.05, 3.63) is 58.9 Å². The first-order valence-corrected chi connectivity index (χ1v) is 7.47. The molecule has 0 saturated carbocycles. The normalized spacial score (nSPS) is 12.7. The lowest BCUT2D eigenvalue weighted by atomic mass is 10.1. The Balaban J connectivity index is 2.03. The van der Waals surface area contributed by atoms with E-state index in [1.807, 2.05) is 25.1 Å². The number of aromatic nitrogens is 1. The molecule has 4 nitrogen and oxygen atoms in total. The van der Waals surface area contributed by atoms with Crippen LogP contribution in [-0.2, 0) is 13.0 Å². The van der Waals surface area contributed by atoms with Gasteiger partial charge < -0.3 is 10.2 Å². The first-order chi connectivity index (χ1) is 10.6. The molecule has 116 valence electrons. The fourth-order valence-electron chi connectivity index (χ4n) is 2.22. The third kappa shape index (κ3) is 4.15. The van der Waals surface area contributed by atoms with Gasteiger partial charge in [0.25, 0.3) is 0 Å². The highest BCUT2D eigenvalue weighted by Crippen LogP contribution is 2.22. The summed E-state index contributed by atoms with van der Waals surface area (Å²) in [5.41, 5.74) is 2.97. The summed E-state index contributed by atoms with van der Waals surface area (Å²) in [4.78, 5) is 8.54. The Hall–Kier alpha value is -2.20. The molecule has 0 aliphatic carbocycles. The van der Waals surface area contributed by atoms with Gasteiger partial charge in [0.2, 0.25) is 0 Å². The molecule has 0 spiro atoms. The Morgan fingerprint density at radius 1 is 1.27 bits per heavy atom. The van der Waals surface area contributed by atoms with Crippen LogP contribution in [0.2, 0.25) is 0 Å². The van der Waals surface area contributed by atoms with Gasteiger partial charge in [-0.15, -0.1) is 0 Å². The van der Waals surface area contributed by atoms with E-state index in [0.29, 0.717) is 16.8 Å². The van der Waals surface area contributed by atoms with Crippen LogP contribution in [0.15, 0.2) is 41.5 Å². The smallest absolute Gasteiger partial charge is 0.145 e. The predicted octanol–water partition coefficient (Wildman–Crippen LogP) is 3.03. The van der Waals surface area contributed by atoms with E-state index in [0.717, 1.165) is 12.8 Å². The van der Waals surface area contributed by atoms with Gasteiger partial charge in [0.15, 0.2) is 0 Å². The molecular weight excluding hydrogens is 276 g/mol. The molecule has 2 N–H and O–H groups in total. The van der Waals surface area contributed by atoms with E-state index in [4.69, 9.17) is 0 Å². The highest BCUT2D eigenvalue weighted by Gasteiger charge is 2.09. The Kier molecular flexibility index (Phi) is 5.67. The molecule has 22 heavy (non-hydrogen) atoms. The van der Waals surface area contributed by atoms with Crippen LogP contribution in [-0.4, -0.2) is 27.5 Å². The summed E-state index contributed by atoms with van der Waals surface area (Å²) in [6.07, 6.45) is 5.11. The number of pyridine rings is 1. The first-order valence-electron chi connectivity index (χ1n) is 7.47. The molecule has 0 bridgehead atoms. The van der Waals surface area contributed by atoms with Crippen molar-refractivity contribution in [3.8, 4) is 5.75 Å². The fraction of sp³-hybridized carbons (Fsp3) is 0.333. The van der Waals surface area contributed by atoms with Crippen LogP contribution in [0.5, 0.6) is 5.75 Å². The second-order valence-corrected chi connectivity index (χ2v) is 5.44. The van der Waals surface area contributed by atoms with Crippen molar-refractivity contribution >= 4 is 6.21 Å². The van der Waals surface area contributed by atoms with Crippen molar-refractivity contribution in [1.29, 1.82) is 0 Å². The molecule has 0 aliphatic rings. The van der Waals surface area contributed by atoms with Gasteiger partial charge in [-0.25, -0.2) is 0 Å². The van der Waals surface area contributed by atoms with Crippen LogP contribution in [0.25, 0.3) is 0 Å². The first kappa shape index (κ1) is 16.2. The maximum Gasteiger partial charge on any atom is 0.145 e. The number of hydrogen-bond donors (Lipinski definition) is 2. The van der Waals surface area contributed by atoms with Gasteiger partial charge in [-0.2, -0.15) is 0 Å². The van der Waals surface area contributed by atoms with Crippen molar-refractivity contribution in [3.63, 3.8) is 0 Å². The molecule has 0 fully saturated rings. The molecule has 1 heterocycles. The number of aryl methyl sites for hydroxylation is 2. The van der Waals surface area contributed by atoms with Crippen molar-refractivity contribution in [2.75, 3.05) is 0 Å². The zero-order valence-electron chi connectivity index (χ0n) is 13.0. The average molecular weight is 298 g/mol. The number of rotatable bonds is 6. The van der Waals surface area contributed by atoms with Crippen molar-refractivity contribution < 1.29 is 10.2 Å². The summed E-state index contributed by atoms with van der Waals surface area (Å²) in [5, 5.41) is 19.4. The van der Waals surface area contributed by atoms with Gasteiger partial charge in [0.05, 0.1) is 12.3 Å². The third-order valence-electron chi connectivity index (χ3n) is 3.68. The van der Waals surface area contributed by atoms with Crippen molar-refractivity contribution in [1.82, 2.24) is 4.98 Å². The monoisotopic (exact) mass is 298 g/mol. The number of aliphatic imine (C=N–C) groups is 1. The molecule has 4 heteroatoms. The lowest BCUT2D eigenvalue weighted by Gasteiger charge is -2.09. The average Bonchev–Trinajstić information content (AvgIpc) is 2.55. The minimum absolute atomic E-state index is 0.0885. The maximum atomic E-state index is 10.1. The molecule has 2 rings (SSSR count). The summed E-state index contributed by atoms with van der Waals surface area (Å²) in [6, 6.07) is 10.4. The fourth-order valence-corrected chi connectivity index (χ4v) is 2.22. The maximum absolute atomic E-state index is 10.1. The lowest BCUT2D eigenvalue weighted by molar-refractivity contribution is 0.280. The topological polar surface area (TPSA) is 65.7 Å². The second-order valence-electron chi connectivity index (χ2n) is 5.44. The van der Waals surface area contributed by atoms with Crippen LogP contribution in [0.3, 0.4) is 0 Å². The number of aliphatic hydroxyl groups is 1. The Morgan fingerprint density at radius 3 is 2.68 bits per heavy atom. The summed E-state index contributed by atoms with van der Waals surface area (Å²) >= 11 is 0. The van der Waals surface area contributed by atoms with Crippen LogP contribution >= 0.6 is 0 Å². The molecule has 0 amide bonds. The van der Waals surface area contributed by atoms with Gasteiger partial charge in [-0.05, 0) is 32.3 Å². The minimum atomic E-state index is -0.166. The van der Waals surface area contributed by atoms with Gasteiger partial charge in [-0.1, -0.05) is 30.3 Å².